The molecular formula is C26H28N2O5S. The third kappa shape index (κ3) is 5.83. The van der Waals surface area contributed by atoms with Crippen LogP contribution in [0.25, 0.3) is 11.1 Å². The van der Waals surface area contributed by atoms with Gasteiger partial charge < -0.3 is 14.8 Å². The molecule has 1 aliphatic heterocycles. The SMILES string of the molecule is CC(NC(=O)COc1ccc(S(=O)(=O)N2CCOCC2)cc1)c1ccc(-c2ccccc2)cc1. The molecule has 34 heavy (non-hydrogen) atoms. The van der Waals surface area contributed by atoms with Crippen molar-refractivity contribution >= 4 is 15.9 Å². The number of nitrogens with one attached hydrogen (secondary N) is 1. The second-order valence-electron chi connectivity index (χ2n) is 8.05. The van der Waals surface area contributed by atoms with E-state index in [0.717, 1.165) is 16.7 Å². The maximum Gasteiger partial charge on any atom is 0.258 e. The molecule has 3 aromatic rings. The lowest BCUT2D eigenvalue weighted by molar-refractivity contribution is -0.123. The quantitative estimate of drug-likeness (QED) is 0.532. The minimum absolute atomic E-state index is 0.165. The normalized spacial score (nSPS) is 15.4. The van der Waals surface area contributed by atoms with Gasteiger partial charge in [0.05, 0.1) is 24.2 Å². The lowest BCUT2D eigenvalue weighted by atomic mass is 10.0. The first kappa shape index (κ1) is 23.9. The molecule has 1 amide bonds. The largest absolute Gasteiger partial charge is 0.484 e. The average Bonchev–Trinajstić information content (AvgIpc) is 2.89. The number of nitrogens with zero attached hydrogens (tertiary/aromatic N) is 1. The summed E-state index contributed by atoms with van der Waals surface area (Å²) in [4.78, 5) is 12.6. The highest BCUT2D eigenvalue weighted by Gasteiger charge is 2.26. The van der Waals surface area contributed by atoms with Crippen molar-refractivity contribution in [3.63, 3.8) is 0 Å². The Labute approximate surface area is 200 Å². The van der Waals surface area contributed by atoms with Crippen LogP contribution in [0.2, 0.25) is 0 Å². The highest BCUT2D eigenvalue weighted by atomic mass is 32.2. The van der Waals surface area contributed by atoms with Crippen LogP contribution < -0.4 is 10.1 Å². The third-order valence-corrected chi connectivity index (χ3v) is 7.61. The summed E-state index contributed by atoms with van der Waals surface area (Å²) in [6.45, 7) is 3.22. The molecule has 0 radical (unpaired) electrons. The van der Waals surface area contributed by atoms with Crippen LogP contribution in [-0.2, 0) is 19.6 Å². The average molecular weight is 481 g/mol. The van der Waals surface area contributed by atoms with E-state index in [2.05, 4.69) is 17.4 Å². The van der Waals surface area contributed by atoms with Crippen LogP contribution in [0, 0.1) is 0 Å². The van der Waals surface area contributed by atoms with Gasteiger partial charge in [0.25, 0.3) is 5.91 Å². The van der Waals surface area contributed by atoms with Crippen LogP contribution in [0.4, 0.5) is 0 Å². The minimum atomic E-state index is -3.56. The maximum atomic E-state index is 12.7. The standard InChI is InChI=1S/C26H28N2O5S/c1-20(21-7-9-23(10-8-21)22-5-3-2-4-6-22)27-26(29)19-33-24-11-13-25(14-12-24)34(30,31)28-15-17-32-18-16-28/h2-14,20H,15-19H2,1H3,(H,27,29). The van der Waals surface area contributed by atoms with Gasteiger partial charge in [-0.15, -0.1) is 0 Å². The number of sulfonamides is 1. The molecular weight excluding hydrogens is 452 g/mol. The van der Waals surface area contributed by atoms with Crippen LogP contribution in [-0.4, -0.2) is 51.5 Å². The molecule has 1 unspecified atom stereocenters. The summed E-state index contributed by atoms with van der Waals surface area (Å²) in [6.07, 6.45) is 0. The second kappa shape index (κ2) is 10.8. The van der Waals surface area contributed by atoms with E-state index >= 15 is 0 Å². The van der Waals surface area contributed by atoms with Crippen LogP contribution in [0.3, 0.4) is 0 Å². The molecule has 0 aromatic heterocycles. The number of carbonyl (C=O) groups is 1. The number of hydrogen-bond donors (Lipinski definition) is 1. The summed E-state index contributed by atoms with van der Waals surface area (Å²) in [5.41, 5.74) is 3.25. The fraction of sp³-hybridized carbons (Fsp3) is 0.269. The number of hydrogen-bond acceptors (Lipinski definition) is 5. The van der Waals surface area contributed by atoms with Crippen molar-refractivity contribution < 1.29 is 22.7 Å². The monoisotopic (exact) mass is 480 g/mol. The molecule has 8 heteroatoms. The van der Waals surface area contributed by atoms with Gasteiger partial charge in [-0.3, -0.25) is 4.79 Å². The summed E-state index contributed by atoms with van der Waals surface area (Å²) in [7, 11) is -3.56. The molecule has 178 valence electrons. The Morgan fingerprint density at radius 1 is 0.941 bits per heavy atom. The first-order valence-corrected chi connectivity index (χ1v) is 12.6. The van der Waals surface area contributed by atoms with E-state index in [-0.39, 0.29) is 23.5 Å². The zero-order chi connectivity index (χ0) is 24.0. The van der Waals surface area contributed by atoms with Gasteiger partial charge in [-0.2, -0.15) is 4.31 Å². The van der Waals surface area contributed by atoms with Gasteiger partial charge in [0.15, 0.2) is 6.61 Å². The summed E-state index contributed by atoms with van der Waals surface area (Å²) >= 11 is 0. The van der Waals surface area contributed by atoms with Gasteiger partial charge in [0.1, 0.15) is 5.75 Å². The van der Waals surface area contributed by atoms with E-state index in [1.165, 1.54) is 16.4 Å². The molecule has 0 aliphatic carbocycles. The van der Waals surface area contributed by atoms with Crippen molar-refractivity contribution in [3.8, 4) is 16.9 Å². The lowest BCUT2D eigenvalue weighted by Crippen LogP contribution is -2.40. The number of rotatable bonds is 8. The number of benzene rings is 3. The van der Waals surface area contributed by atoms with E-state index in [4.69, 9.17) is 9.47 Å². The van der Waals surface area contributed by atoms with Gasteiger partial charge in [-0.1, -0.05) is 54.6 Å². The van der Waals surface area contributed by atoms with E-state index in [0.29, 0.717) is 32.1 Å². The maximum absolute atomic E-state index is 12.7. The molecule has 0 spiro atoms. The van der Waals surface area contributed by atoms with Gasteiger partial charge in [-0.25, -0.2) is 8.42 Å². The Balaban J connectivity index is 1.29. The van der Waals surface area contributed by atoms with Crippen molar-refractivity contribution in [2.45, 2.75) is 17.9 Å². The third-order valence-electron chi connectivity index (χ3n) is 5.70. The number of morpholine rings is 1. The van der Waals surface area contributed by atoms with Crippen molar-refractivity contribution in [2.75, 3.05) is 32.9 Å². The van der Waals surface area contributed by atoms with Crippen LogP contribution in [0.1, 0.15) is 18.5 Å². The molecule has 1 N–H and O–H groups in total. The van der Waals surface area contributed by atoms with E-state index in [9.17, 15) is 13.2 Å². The van der Waals surface area contributed by atoms with Crippen molar-refractivity contribution in [1.29, 1.82) is 0 Å². The van der Waals surface area contributed by atoms with Gasteiger partial charge in [-0.05, 0) is 47.9 Å². The second-order valence-corrected chi connectivity index (χ2v) is 9.99. The smallest absolute Gasteiger partial charge is 0.258 e. The molecule has 0 saturated carbocycles. The topological polar surface area (TPSA) is 84.9 Å². The van der Waals surface area contributed by atoms with Gasteiger partial charge in [0.2, 0.25) is 10.0 Å². The predicted molar refractivity (Wildman–Crippen MR) is 130 cm³/mol. The van der Waals surface area contributed by atoms with Crippen LogP contribution >= 0.6 is 0 Å². The molecule has 1 fully saturated rings. The van der Waals surface area contributed by atoms with Gasteiger partial charge in [0, 0.05) is 13.1 Å². The van der Waals surface area contributed by atoms with Crippen molar-refractivity contribution in [3.05, 3.63) is 84.4 Å². The first-order valence-electron chi connectivity index (χ1n) is 11.2. The summed E-state index contributed by atoms with van der Waals surface area (Å²) in [5.74, 6) is 0.167. The molecule has 7 nitrogen and oxygen atoms in total. The van der Waals surface area contributed by atoms with Crippen LogP contribution in [0.5, 0.6) is 5.75 Å². The number of ether oxygens (including phenoxy) is 2. The number of amides is 1. The molecule has 1 aliphatic rings. The fourth-order valence-corrected chi connectivity index (χ4v) is 5.16. The van der Waals surface area contributed by atoms with Crippen molar-refractivity contribution in [2.24, 2.45) is 0 Å². The highest BCUT2D eigenvalue weighted by Crippen LogP contribution is 2.22. The first-order chi connectivity index (χ1) is 16.4. The molecule has 0 bridgehead atoms. The molecule has 1 saturated heterocycles. The van der Waals surface area contributed by atoms with E-state index in [1.807, 2.05) is 49.4 Å². The minimum Gasteiger partial charge on any atom is -0.484 e. The highest BCUT2D eigenvalue weighted by molar-refractivity contribution is 7.89. The summed E-state index contributed by atoms with van der Waals surface area (Å²) in [5, 5.41) is 2.93. The van der Waals surface area contributed by atoms with Crippen molar-refractivity contribution in [1.82, 2.24) is 9.62 Å². The number of carbonyl (C=O) groups excluding carboxylic acids is 1. The fourth-order valence-electron chi connectivity index (χ4n) is 3.75. The molecule has 4 rings (SSSR count). The van der Waals surface area contributed by atoms with Gasteiger partial charge >= 0.3 is 0 Å². The Morgan fingerprint density at radius 3 is 2.21 bits per heavy atom. The van der Waals surface area contributed by atoms with Crippen LogP contribution in [0.15, 0.2) is 83.8 Å². The summed E-state index contributed by atoms with van der Waals surface area (Å²) < 4.78 is 37.6. The Kier molecular flexibility index (Phi) is 7.62. The molecule has 1 heterocycles. The zero-order valence-corrected chi connectivity index (χ0v) is 19.8. The summed E-state index contributed by atoms with van der Waals surface area (Å²) in [6, 6.07) is 24.1. The van der Waals surface area contributed by atoms with E-state index < -0.39 is 10.0 Å². The lowest BCUT2D eigenvalue weighted by Gasteiger charge is -2.26. The molecule has 1 atom stereocenters. The Hall–Kier alpha value is -3.20. The zero-order valence-electron chi connectivity index (χ0n) is 19.0. The Morgan fingerprint density at radius 2 is 1.56 bits per heavy atom. The molecule has 3 aromatic carbocycles. The predicted octanol–water partition coefficient (Wildman–Crippen LogP) is 3.63. The Bertz CT molecular complexity index is 1190. The van der Waals surface area contributed by atoms with E-state index in [1.54, 1.807) is 12.1 Å².